The summed E-state index contributed by atoms with van der Waals surface area (Å²) in [5, 5.41) is 0. The van der Waals surface area contributed by atoms with E-state index in [9.17, 15) is 9.59 Å². The summed E-state index contributed by atoms with van der Waals surface area (Å²) in [4.78, 5) is 43.6. The van der Waals surface area contributed by atoms with Crippen LogP contribution in [-0.4, -0.2) is 36.7 Å². The molecule has 3 aromatic rings. The largest absolute Gasteiger partial charge is 0.269 e. The first kappa shape index (κ1) is 15.1. The van der Waals surface area contributed by atoms with Gasteiger partial charge < -0.3 is 0 Å². The fraction of sp³-hybridized carbons (Fsp3) is 0.111. The van der Waals surface area contributed by atoms with Gasteiger partial charge in [-0.2, -0.15) is 0 Å². The van der Waals surface area contributed by atoms with Crippen LogP contribution in [0.15, 0.2) is 55.2 Å². The fourth-order valence-electron chi connectivity index (χ4n) is 2.96. The first-order valence-corrected chi connectivity index (χ1v) is 7.72. The van der Waals surface area contributed by atoms with E-state index < -0.39 is 6.04 Å². The van der Waals surface area contributed by atoms with Crippen molar-refractivity contribution < 1.29 is 9.59 Å². The van der Waals surface area contributed by atoms with E-state index in [0.29, 0.717) is 28.2 Å². The number of amides is 2. The van der Waals surface area contributed by atoms with Crippen molar-refractivity contribution in [2.75, 3.05) is 0 Å². The molecule has 7 nitrogen and oxygen atoms in total. The van der Waals surface area contributed by atoms with Gasteiger partial charge in [-0.1, -0.05) is 12.1 Å². The molecule has 0 fully saturated rings. The smallest absolute Gasteiger partial charge is 0.262 e. The molecular weight excluding hydrogens is 318 g/mol. The monoisotopic (exact) mass is 331 g/mol. The Morgan fingerprint density at radius 1 is 0.880 bits per heavy atom. The summed E-state index contributed by atoms with van der Waals surface area (Å²) in [5.74, 6) is -0.660. The highest BCUT2D eigenvalue weighted by Gasteiger charge is 2.40. The Labute approximate surface area is 143 Å². The number of carbonyl (C=O) groups excluding carboxylic acids is 2. The maximum atomic E-state index is 12.7. The number of carbonyl (C=O) groups is 2. The zero-order valence-electron chi connectivity index (χ0n) is 13.3. The summed E-state index contributed by atoms with van der Waals surface area (Å²) in [6, 6.07) is 6.21. The van der Waals surface area contributed by atoms with Crippen LogP contribution in [0.1, 0.15) is 39.4 Å². The second-order valence-electron chi connectivity index (χ2n) is 5.58. The number of hydrogen-bond acceptors (Lipinski definition) is 6. The molecule has 0 saturated heterocycles. The van der Waals surface area contributed by atoms with Crippen LogP contribution in [0.2, 0.25) is 0 Å². The van der Waals surface area contributed by atoms with Gasteiger partial charge in [0.25, 0.3) is 11.8 Å². The lowest BCUT2D eigenvalue weighted by Gasteiger charge is -2.23. The third kappa shape index (κ3) is 2.37. The molecule has 1 aromatic carbocycles. The number of nitrogens with zero attached hydrogens (tertiary/aromatic N) is 5. The van der Waals surface area contributed by atoms with Crippen LogP contribution < -0.4 is 0 Å². The topological polar surface area (TPSA) is 88.9 Å². The van der Waals surface area contributed by atoms with E-state index >= 15 is 0 Å². The summed E-state index contributed by atoms with van der Waals surface area (Å²) < 4.78 is 0. The average molecular weight is 331 g/mol. The Bertz CT molecular complexity index is 939. The number of hydrogen-bond donors (Lipinski definition) is 0. The van der Waals surface area contributed by atoms with Gasteiger partial charge in [0.15, 0.2) is 0 Å². The zero-order valence-corrected chi connectivity index (χ0v) is 13.3. The predicted molar refractivity (Wildman–Crippen MR) is 88.4 cm³/mol. The van der Waals surface area contributed by atoms with Gasteiger partial charge in [0, 0.05) is 24.8 Å². The first-order chi connectivity index (χ1) is 12.2. The molecule has 7 heteroatoms. The summed E-state index contributed by atoms with van der Waals surface area (Å²) in [5.41, 5.74) is 2.35. The molecule has 0 aliphatic carbocycles. The van der Waals surface area contributed by atoms with E-state index in [-0.39, 0.29) is 11.8 Å². The van der Waals surface area contributed by atoms with Gasteiger partial charge in [0.05, 0.1) is 29.1 Å². The second kappa shape index (κ2) is 5.86. The molecule has 0 saturated carbocycles. The molecule has 3 heterocycles. The van der Waals surface area contributed by atoms with Gasteiger partial charge >= 0.3 is 0 Å². The first-order valence-electron chi connectivity index (χ1n) is 7.72. The molecule has 0 N–H and O–H groups in total. The van der Waals surface area contributed by atoms with Crippen LogP contribution in [-0.2, 0) is 0 Å². The summed E-state index contributed by atoms with van der Waals surface area (Å²) in [6.07, 6.45) is 7.77. The SMILES string of the molecule is C[C@@H](c1nccnc1-c1cnccn1)N1C(=O)c2ccccc2C1=O. The van der Waals surface area contributed by atoms with E-state index in [1.807, 2.05) is 0 Å². The molecule has 25 heavy (non-hydrogen) atoms. The van der Waals surface area contributed by atoms with E-state index in [1.165, 1.54) is 11.1 Å². The van der Waals surface area contributed by atoms with Crippen molar-refractivity contribution >= 4 is 11.8 Å². The van der Waals surface area contributed by atoms with Crippen LogP contribution in [0, 0.1) is 0 Å². The molecule has 0 unspecified atom stereocenters. The number of rotatable bonds is 3. The highest BCUT2D eigenvalue weighted by molar-refractivity contribution is 6.21. The Morgan fingerprint density at radius 2 is 1.52 bits per heavy atom. The third-order valence-corrected chi connectivity index (χ3v) is 4.14. The van der Waals surface area contributed by atoms with Gasteiger partial charge in [-0.15, -0.1) is 0 Å². The van der Waals surface area contributed by atoms with Crippen LogP contribution in [0.4, 0.5) is 0 Å². The molecule has 2 amide bonds. The number of benzene rings is 1. The molecular formula is C18H13N5O2. The maximum absolute atomic E-state index is 12.7. The van der Waals surface area contributed by atoms with Crippen molar-refractivity contribution in [2.45, 2.75) is 13.0 Å². The van der Waals surface area contributed by atoms with E-state index in [1.54, 1.807) is 56.0 Å². The molecule has 0 spiro atoms. The molecule has 122 valence electrons. The maximum Gasteiger partial charge on any atom is 0.262 e. The lowest BCUT2D eigenvalue weighted by Crippen LogP contribution is -2.33. The van der Waals surface area contributed by atoms with Gasteiger partial charge in [0.2, 0.25) is 0 Å². The van der Waals surface area contributed by atoms with Gasteiger partial charge in [-0.05, 0) is 19.1 Å². The van der Waals surface area contributed by atoms with Crippen molar-refractivity contribution in [3.63, 3.8) is 0 Å². The van der Waals surface area contributed by atoms with E-state index in [0.717, 1.165) is 0 Å². The summed E-state index contributed by atoms with van der Waals surface area (Å²) in [6.45, 7) is 1.76. The molecule has 2 aromatic heterocycles. The van der Waals surface area contributed by atoms with Crippen LogP contribution in [0.25, 0.3) is 11.4 Å². The lowest BCUT2D eigenvalue weighted by molar-refractivity contribution is 0.0592. The molecule has 0 bridgehead atoms. The third-order valence-electron chi connectivity index (χ3n) is 4.14. The summed E-state index contributed by atoms with van der Waals surface area (Å²) in [7, 11) is 0. The van der Waals surface area contributed by atoms with Crippen LogP contribution in [0.5, 0.6) is 0 Å². The Balaban J connectivity index is 1.78. The molecule has 1 aliphatic heterocycles. The van der Waals surface area contributed by atoms with Crippen molar-refractivity contribution in [3.8, 4) is 11.4 Å². The normalized spacial score (nSPS) is 14.5. The van der Waals surface area contributed by atoms with Gasteiger partial charge in [-0.3, -0.25) is 34.4 Å². The second-order valence-corrected chi connectivity index (χ2v) is 5.58. The number of fused-ring (bicyclic) bond motifs is 1. The van der Waals surface area contributed by atoms with Gasteiger partial charge in [-0.25, -0.2) is 0 Å². The fourth-order valence-corrected chi connectivity index (χ4v) is 2.96. The Kier molecular flexibility index (Phi) is 3.53. The minimum Gasteiger partial charge on any atom is -0.269 e. The van der Waals surface area contributed by atoms with Gasteiger partial charge in [0.1, 0.15) is 11.4 Å². The highest BCUT2D eigenvalue weighted by Crippen LogP contribution is 2.33. The Morgan fingerprint density at radius 3 is 2.16 bits per heavy atom. The molecule has 0 radical (unpaired) electrons. The number of imide groups is 1. The van der Waals surface area contributed by atoms with Crippen molar-refractivity contribution in [2.24, 2.45) is 0 Å². The van der Waals surface area contributed by atoms with E-state index in [2.05, 4.69) is 19.9 Å². The number of aromatic nitrogens is 4. The van der Waals surface area contributed by atoms with E-state index in [4.69, 9.17) is 0 Å². The van der Waals surface area contributed by atoms with Crippen LogP contribution in [0.3, 0.4) is 0 Å². The van der Waals surface area contributed by atoms with Crippen molar-refractivity contribution in [3.05, 3.63) is 72.1 Å². The van der Waals surface area contributed by atoms with Crippen molar-refractivity contribution in [1.82, 2.24) is 24.8 Å². The Hall–Kier alpha value is -3.48. The molecule has 1 aliphatic rings. The molecule has 1 atom stereocenters. The minimum atomic E-state index is -0.585. The molecule has 4 rings (SSSR count). The minimum absolute atomic E-state index is 0.330. The zero-order chi connectivity index (χ0) is 17.4. The lowest BCUT2D eigenvalue weighted by atomic mass is 10.1. The standard InChI is InChI=1S/C18H13N5O2/c1-11(23-17(24)12-4-2-3-5-13(12)18(23)25)15-16(22-9-8-21-15)14-10-19-6-7-20-14/h2-11H,1H3/t11-/m0/s1. The quantitative estimate of drug-likeness (QED) is 0.684. The predicted octanol–water partition coefficient (Wildman–Crippen LogP) is 2.29. The van der Waals surface area contributed by atoms with Crippen molar-refractivity contribution in [1.29, 1.82) is 0 Å². The average Bonchev–Trinajstić information content (AvgIpc) is 2.93. The summed E-state index contributed by atoms with van der Waals surface area (Å²) >= 11 is 0. The van der Waals surface area contributed by atoms with Crippen LogP contribution >= 0.6 is 0 Å². The highest BCUT2D eigenvalue weighted by atomic mass is 16.2.